The first-order chi connectivity index (χ1) is 13.2. The number of halogens is 1. The number of rotatable bonds is 6. The first kappa shape index (κ1) is 20.1. The Balaban J connectivity index is 1.74. The van der Waals surface area contributed by atoms with E-state index < -0.39 is 10.0 Å². The quantitative estimate of drug-likeness (QED) is 0.572. The third-order valence-electron chi connectivity index (χ3n) is 3.82. The molecular formula is C19H20BrN5O2S. The summed E-state index contributed by atoms with van der Waals surface area (Å²) in [5.74, 6) is 2.13. The van der Waals surface area contributed by atoms with Crippen LogP contribution in [0.1, 0.15) is 5.82 Å². The number of aromatic nitrogens is 2. The van der Waals surface area contributed by atoms with Gasteiger partial charge in [0.2, 0.25) is 0 Å². The minimum atomic E-state index is -3.64. The predicted octanol–water partition coefficient (Wildman–Crippen LogP) is 4.16. The average molecular weight is 462 g/mol. The minimum absolute atomic E-state index is 0.200. The molecular weight excluding hydrogens is 442 g/mol. The first-order valence-corrected chi connectivity index (χ1v) is 10.7. The second-order valence-corrected chi connectivity index (χ2v) is 8.91. The first-order valence-electron chi connectivity index (χ1n) is 8.41. The van der Waals surface area contributed by atoms with Crippen LogP contribution in [0.15, 0.2) is 64.0 Å². The van der Waals surface area contributed by atoms with Gasteiger partial charge < -0.3 is 10.2 Å². The summed E-state index contributed by atoms with van der Waals surface area (Å²) in [5.41, 5.74) is 1.26. The molecule has 1 heterocycles. The van der Waals surface area contributed by atoms with Gasteiger partial charge in [-0.2, -0.15) is 0 Å². The van der Waals surface area contributed by atoms with Crippen LogP contribution >= 0.6 is 15.9 Å². The van der Waals surface area contributed by atoms with Crippen molar-refractivity contribution in [3.63, 3.8) is 0 Å². The average Bonchev–Trinajstić information content (AvgIpc) is 2.63. The van der Waals surface area contributed by atoms with E-state index in [0.29, 0.717) is 17.3 Å². The number of hydrogen-bond acceptors (Lipinski definition) is 6. The lowest BCUT2D eigenvalue weighted by Crippen LogP contribution is -2.13. The topological polar surface area (TPSA) is 87.2 Å². The molecule has 3 aromatic rings. The molecule has 0 atom stereocenters. The standard InChI is InChI=1S/C19H20BrN5O2S/c1-13-21-18(12-19(22-13)25(2)3)23-15-6-8-16(9-7-15)24-28(26,27)17-10-4-14(20)5-11-17/h4-12,24H,1-3H3,(H,21,22,23). The van der Waals surface area contributed by atoms with Gasteiger partial charge in [-0.3, -0.25) is 4.72 Å². The molecule has 3 rings (SSSR count). The van der Waals surface area contributed by atoms with Crippen molar-refractivity contribution in [2.45, 2.75) is 11.8 Å². The molecule has 2 N–H and O–H groups in total. The number of aryl methyl sites for hydroxylation is 1. The summed E-state index contributed by atoms with van der Waals surface area (Å²) < 4.78 is 28.3. The fourth-order valence-electron chi connectivity index (χ4n) is 2.44. The summed E-state index contributed by atoms with van der Waals surface area (Å²) >= 11 is 3.30. The van der Waals surface area contributed by atoms with Crippen LogP contribution in [-0.2, 0) is 10.0 Å². The number of benzene rings is 2. The van der Waals surface area contributed by atoms with Gasteiger partial charge in [-0.15, -0.1) is 0 Å². The van der Waals surface area contributed by atoms with E-state index in [-0.39, 0.29) is 4.90 Å². The molecule has 0 bridgehead atoms. The van der Waals surface area contributed by atoms with Crippen LogP contribution < -0.4 is 14.9 Å². The van der Waals surface area contributed by atoms with Crippen molar-refractivity contribution < 1.29 is 8.42 Å². The molecule has 0 aliphatic heterocycles. The second-order valence-electron chi connectivity index (χ2n) is 6.31. The number of sulfonamides is 1. The highest BCUT2D eigenvalue weighted by Gasteiger charge is 2.14. The van der Waals surface area contributed by atoms with E-state index >= 15 is 0 Å². The van der Waals surface area contributed by atoms with Gasteiger partial charge >= 0.3 is 0 Å². The van der Waals surface area contributed by atoms with Crippen molar-refractivity contribution in [2.75, 3.05) is 29.0 Å². The van der Waals surface area contributed by atoms with E-state index in [1.807, 2.05) is 32.0 Å². The molecule has 0 aliphatic carbocycles. The summed E-state index contributed by atoms with van der Waals surface area (Å²) in [6.07, 6.45) is 0. The summed E-state index contributed by atoms with van der Waals surface area (Å²) in [4.78, 5) is 10.8. The van der Waals surface area contributed by atoms with Gasteiger partial charge in [-0.1, -0.05) is 15.9 Å². The van der Waals surface area contributed by atoms with E-state index in [2.05, 4.69) is 35.9 Å². The van der Waals surface area contributed by atoms with E-state index in [1.54, 1.807) is 48.5 Å². The van der Waals surface area contributed by atoms with E-state index in [9.17, 15) is 8.42 Å². The molecule has 0 radical (unpaired) electrons. The lowest BCUT2D eigenvalue weighted by atomic mass is 10.3. The molecule has 28 heavy (non-hydrogen) atoms. The summed E-state index contributed by atoms with van der Waals surface area (Å²) in [6, 6.07) is 15.3. The third-order valence-corrected chi connectivity index (χ3v) is 5.74. The van der Waals surface area contributed by atoms with Gasteiger partial charge in [-0.25, -0.2) is 18.4 Å². The number of nitrogens with zero attached hydrogens (tertiary/aromatic N) is 3. The van der Waals surface area contributed by atoms with E-state index in [4.69, 9.17) is 0 Å². The Bertz CT molecular complexity index is 1070. The van der Waals surface area contributed by atoms with Crippen molar-refractivity contribution in [1.82, 2.24) is 9.97 Å². The number of hydrogen-bond donors (Lipinski definition) is 2. The second kappa shape index (κ2) is 8.15. The van der Waals surface area contributed by atoms with Gasteiger partial charge in [0.15, 0.2) is 0 Å². The van der Waals surface area contributed by atoms with Crippen molar-refractivity contribution in [3.05, 3.63) is 64.9 Å². The normalized spacial score (nSPS) is 11.1. The Morgan fingerprint density at radius 1 is 0.929 bits per heavy atom. The molecule has 7 nitrogen and oxygen atoms in total. The third kappa shape index (κ3) is 4.99. The molecule has 1 aromatic heterocycles. The van der Waals surface area contributed by atoms with Gasteiger partial charge in [0, 0.05) is 36.0 Å². The summed E-state index contributed by atoms with van der Waals surface area (Å²) in [5, 5.41) is 3.21. The van der Waals surface area contributed by atoms with E-state index in [0.717, 1.165) is 16.0 Å². The Hall–Kier alpha value is -2.65. The molecule has 0 aliphatic rings. The van der Waals surface area contributed by atoms with Crippen LogP contribution in [0, 0.1) is 6.92 Å². The zero-order valence-electron chi connectivity index (χ0n) is 15.6. The fourth-order valence-corrected chi connectivity index (χ4v) is 3.77. The Morgan fingerprint density at radius 2 is 1.54 bits per heavy atom. The van der Waals surface area contributed by atoms with Gasteiger partial charge in [0.25, 0.3) is 10.0 Å². The monoisotopic (exact) mass is 461 g/mol. The van der Waals surface area contributed by atoms with Crippen molar-refractivity contribution in [2.24, 2.45) is 0 Å². The minimum Gasteiger partial charge on any atom is -0.363 e. The Labute approximate surface area is 173 Å². The zero-order chi connectivity index (χ0) is 20.3. The van der Waals surface area contributed by atoms with Crippen LogP contribution in [-0.4, -0.2) is 32.5 Å². The van der Waals surface area contributed by atoms with Gasteiger partial charge in [0.1, 0.15) is 17.5 Å². The smallest absolute Gasteiger partial charge is 0.261 e. The summed E-state index contributed by atoms with van der Waals surface area (Å²) in [6.45, 7) is 1.83. The van der Waals surface area contributed by atoms with Crippen LogP contribution in [0.5, 0.6) is 0 Å². The van der Waals surface area contributed by atoms with Crippen LogP contribution in [0.4, 0.5) is 23.0 Å². The molecule has 0 fully saturated rings. The predicted molar refractivity (Wildman–Crippen MR) is 116 cm³/mol. The highest BCUT2D eigenvalue weighted by molar-refractivity contribution is 9.10. The molecule has 146 valence electrons. The molecule has 0 saturated carbocycles. The summed E-state index contributed by atoms with van der Waals surface area (Å²) in [7, 11) is 0.189. The highest BCUT2D eigenvalue weighted by Crippen LogP contribution is 2.22. The van der Waals surface area contributed by atoms with Crippen molar-refractivity contribution in [3.8, 4) is 0 Å². The zero-order valence-corrected chi connectivity index (χ0v) is 18.0. The Morgan fingerprint density at radius 3 is 2.14 bits per heavy atom. The fraction of sp³-hybridized carbons (Fsp3) is 0.158. The molecule has 0 saturated heterocycles. The largest absolute Gasteiger partial charge is 0.363 e. The maximum absolute atomic E-state index is 12.5. The lowest BCUT2D eigenvalue weighted by Gasteiger charge is -2.14. The van der Waals surface area contributed by atoms with Crippen LogP contribution in [0.2, 0.25) is 0 Å². The van der Waals surface area contributed by atoms with Gasteiger partial charge in [-0.05, 0) is 55.5 Å². The molecule has 9 heteroatoms. The molecule has 0 unspecified atom stereocenters. The van der Waals surface area contributed by atoms with E-state index in [1.165, 1.54) is 0 Å². The van der Waals surface area contributed by atoms with Gasteiger partial charge in [0.05, 0.1) is 4.90 Å². The van der Waals surface area contributed by atoms with Crippen LogP contribution in [0.25, 0.3) is 0 Å². The lowest BCUT2D eigenvalue weighted by molar-refractivity contribution is 0.601. The number of nitrogens with one attached hydrogen (secondary N) is 2. The number of anilines is 4. The van der Waals surface area contributed by atoms with Crippen LogP contribution in [0.3, 0.4) is 0 Å². The molecule has 0 spiro atoms. The molecule has 2 aromatic carbocycles. The van der Waals surface area contributed by atoms with Crippen molar-refractivity contribution in [1.29, 1.82) is 0 Å². The van der Waals surface area contributed by atoms with Crippen molar-refractivity contribution >= 4 is 49.0 Å². The SMILES string of the molecule is Cc1nc(Nc2ccc(NS(=O)(=O)c3ccc(Br)cc3)cc2)cc(N(C)C)n1. The molecule has 0 amide bonds. The maximum atomic E-state index is 12.5. The highest BCUT2D eigenvalue weighted by atomic mass is 79.9. The maximum Gasteiger partial charge on any atom is 0.261 e. The Kier molecular flexibility index (Phi) is 5.85.